The Bertz CT molecular complexity index is 269. The number of rotatable bonds is 1. The van der Waals surface area contributed by atoms with Gasteiger partial charge in [0.25, 0.3) is 0 Å². The molecule has 1 heterocycles. The number of carbonyl (C=O) groups excluding carboxylic acids is 1. The summed E-state index contributed by atoms with van der Waals surface area (Å²) in [5, 5.41) is 4.91. The quantitative estimate of drug-likeness (QED) is 0.565. The Morgan fingerprint density at radius 3 is 2.83 bits per heavy atom. The molecule has 0 spiro atoms. The predicted octanol–water partition coefficient (Wildman–Crippen LogP) is 0.415. The molecule has 0 bridgehead atoms. The lowest BCUT2D eigenvalue weighted by molar-refractivity contribution is 0.254. The molecular weight excluding hydrogens is 156 g/mol. The predicted molar refractivity (Wildman–Crippen MR) is 46.7 cm³/mol. The third-order valence-electron chi connectivity index (χ3n) is 1.26. The first-order valence-corrected chi connectivity index (χ1v) is 3.42. The van der Waals surface area contributed by atoms with Gasteiger partial charge in [0.2, 0.25) is 0 Å². The average Bonchev–Trinajstić information content (AvgIpc) is 2.09. The molecule has 12 heavy (non-hydrogen) atoms. The Morgan fingerprint density at radius 1 is 1.58 bits per heavy atom. The molecule has 0 aliphatic rings. The van der Waals surface area contributed by atoms with Gasteiger partial charge in [0, 0.05) is 7.05 Å². The normalized spacial score (nSPS) is 9.08. The fraction of sp³-hybridized carbons (Fsp3) is 0.143. The van der Waals surface area contributed by atoms with E-state index in [4.69, 9.17) is 5.73 Å². The van der Waals surface area contributed by atoms with E-state index >= 15 is 0 Å². The van der Waals surface area contributed by atoms with Crippen molar-refractivity contribution >= 4 is 17.5 Å². The van der Waals surface area contributed by atoms with Gasteiger partial charge in [0.1, 0.15) is 5.82 Å². The Kier molecular flexibility index (Phi) is 2.47. The van der Waals surface area contributed by atoms with Crippen LogP contribution in [0.25, 0.3) is 0 Å². The van der Waals surface area contributed by atoms with Gasteiger partial charge in [-0.25, -0.2) is 9.78 Å². The van der Waals surface area contributed by atoms with Crippen LogP contribution in [-0.4, -0.2) is 18.1 Å². The maximum absolute atomic E-state index is 10.8. The lowest BCUT2D eigenvalue weighted by Gasteiger charge is -2.02. The molecule has 1 rings (SSSR count). The van der Waals surface area contributed by atoms with Crippen molar-refractivity contribution in [3.63, 3.8) is 0 Å². The van der Waals surface area contributed by atoms with Gasteiger partial charge in [0.05, 0.1) is 11.9 Å². The van der Waals surface area contributed by atoms with E-state index < -0.39 is 0 Å². The van der Waals surface area contributed by atoms with Gasteiger partial charge in [-0.3, -0.25) is 5.32 Å². The molecule has 5 heteroatoms. The van der Waals surface area contributed by atoms with E-state index in [-0.39, 0.29) is 6.03 Å². The minimum Gasteiger partial charge on any atom is -0.397 e. The van der Waals surface area contributed by atoms with Gasteiger partial charge >= 0.3 is 6.03 Å². The second-order valence-electron chi connectivity index (χ2n) is 2.18. The Hall–Kier alpha value is -1.78. The molecule has 0 atom stereocenters. The number of nitrogens with one attached hydrogen (secondary N) is 2. The maximum Gasteiger partial charge on any atom is 0.320 e. The number of carbonyl (C=O) groups is 1. The van der Waals surface area contributed by atoms with Gasteiger partial charge in [-0.05, 0) is 12.1 Å². The molecule has 1 aromatic rings. The summed E-state index contributed by atoms with van der Waals surface area (Å²) in [5.41, 5.74) is 5.97. The van der Waals surface area contributed by atoms with Crippen molar-refractivity contribution in [1.29, 1.82) is 0 Å². The molecular formula is C7H10N4O. The molecule has 1 aromatic heterocycles. The lowest BCUT2D eigenvalue weighted by atomic mass is 10.4. The lowest BCUT2D eigenvalue weighted by Crippen LogP contribution is -2.24. The van der Waals surface area contributed by atoms with Crippen molar-refractivity contribution in [1.82, 2.24) is 10.3 Å². The zero-order valence-electron chi connectivity index (χ0n) is 6.66. The van der Waals surface area contributed by atoms with Gasteiger partial charge in [-0.2, -0.15) is 0 Å². The van der Waals surface area contributed by atoms with Crippen LogP contribution < -0.4 is 16.4 Å². The summed E-state index contributed by atoms with van der Waals surface area (Å²) in [4.78, 5) is 14.6. The monoisotopic (exact) mass is 166 g/mol. The van der Waals surface area contributed by atoms with E-state index in [2.05, 4.69) is 15.6 Å². The highest BCUT2D eigenvalue weighted by molar-refractivity contribution is 5.87. The molecule has 0 unspecified atom stereocenters. The summed E-state index contributed by atoms with van der Waals surface area (Å²) in [5.74, 6) is 0.476. The zero-order chi connectivity index (χ0) is 8.97. The van der Waals surface area contributed by atoms with Crippen LogP contribution >= 0.6 is 0 Å². The van der Waals surface area contributed by atoms with Crippen molar-refractivity contribution in [3.8, 4) is 0 Å². The second kappa shape index (κ2) is 3.56. The number of hydrogen-bond donors (Lipinski definition) is 3. The van der Waals surface area contributed by atoms with E-state index in [1.807, 2.05) is 0 Å². The van der Waals surface area contributed by atoms with Gasteiger partial charge in [-0.1, -0.05) is 0 Å². The molecule has 4 N–H and O–H groups in total. The molecule has 0 aromatic carbocycles. The molecule has 5 nitrogen and oxygen atoms in total. The molecule has 0 saturated carbocycles. The average molecular weight is 166 g/mol. The summed E-state index contributed by atoms with van der Waals surface area (Å²) in [6.45, 7) is 0. The largest absolute Gasteiger partial charge is 0.397 e. The first-order chi connectivity index (χ1) is 5.72. The van der Waals surface area contributed by atoms with Crippen LogP contribution in [0.5, 0.6) is 0 Å². The van der Waals surface area contributed by atoms with Crippen LogP contribution in [0, 0.1) is 0 Å². The number of nitrogens with zero attached hydrogens (tertiary/aromatic N) is 1. The Balaban J connectivity index is 2.64. The van der Waals surface area contributed by atoms with E-state index in [9.17, 15) is 4.79 Å². The topological polar surface area (TPSA) is 80.0 Å². The number of pyridine rings is 1. The molecule has 2 amide bonds. The van der Waals surface area contributed by atoms with Crippen molar-refractivity contribution in [2.45, 2.75) is 0 Å². The highest BCUT2D eigenvalue weighted by atomic mass is 16.2. The summed E-state index contributed by atoms with van der Waals surface area (Å²) in [6, 6.07) is 3.00. The SMILES string of the molecule is CNC(=O)Nc1ccc(N)cn1. The standard InChI is InChI=1S/C7H10N4O/c1-9-7(12)11-6-3-2-5(8)4-10-6/h2-4H,8H2,1H3,(H2,9,10,11,12). The fourth-order valence-electron chi connectivity index (χ4n) is 0.658. The molecule has 0 aliphatic carbocycles. The zero-order valence-corrected chi connectivity index (χ0v) is 6.66. The first kappa shape index (κ1) is 8.32. The van der Waals surface area contributed by atoms with Crippen LogP contribution in [0.3, 0.4) is 0 Å². The number of aromatic nitrogens is 1. The summed E-state index contributed by atoms with van der Waals surface area (Å²) in [7, 11) is 1.53. The molecule has 0 aliphatic heterocycles. The van der Waals surface area contributed by atoms with Crippen molar-refractivity contribution in [2.75, 3.05) is 18.1 Å². The number of amides is 2. The minimum atomic E-state index is -0.299. The van der Waals surface area contributed by atoms with Crippen molar-refractivity contribution in [2.24, 2.45) is 0 Å². The van der Waals surface area contributed by atoms with E-state index in [1.165, 1.54) is 13.2 Å². The smallest absolute Gasteiger partial charge is 0.320 e. The summed E-state index contributed by atoms with van der Waals surface area (Å²) in [6.07, 6.45) is 1.48. The number of anilines is 2. The summed E-state index contributed by atoms with van der Waals surface area (Å²) >= 11 is 0. The van der Waals surface area contributed by atoms with Crippen molar-refractivity contribution in [3.05, 3.63) is 18.3 Å². The molecule has 0 radical (unpaired) electrons. The summed E-state index contributed by atoms with van der Waals surface area (Å²) < 4.78 is 0. The van der Waals surface area contributed by atoms with Gasteiger partial charge in [-0.15, -0.1) is 0 Å². The fourth-order valence-corrected chi connectivity index (χ4v) is 0.658. The van der Waals surface area contributed by atoms with Crippen LogP contribution in [0.2, 0.25) is 0 Å². The Morgan fingerprint density at radius 2 is 2.33 bits per heavy atom. The number of nitrogens with two attached hydrogens (primary N) is 1. The van der Waals surface area contributed by atoms with Crippen molar-refractivity contribution < 1.29 is 4.79 Å². The highest BCUT2D eigenvalue weighted by Gasteiger charge is 1.97. The van der Waals surface area contributed by atoms with Crippen LogP contribution in [0.4, 0.5) is 16.3 Å². The van der Waals surface area contributed by atoms with E-state index in [1.54, 1.807) is 12.1 Å². The van der Waals surface area contributed by atoms with Gasteiger partial charge < -0.3 is 11.1 Å². The molecule has 64 valence electrons. The van der Waals surface area contributed by atoms with Gasteiger partial charge in [0.15, 0.2) is 0 Å². The number of nitrogen functional groups attached to an aromatic ring is 1. The van der Waals surface area contributed by atoms with Crippen LogP contribution in [-0.2, 0) is 0 Å². The highest BCUT2D eigenvalue weighted by Crippen LogP contribution is 2.04. The second-order valence-corrected chi connectivity index (χ2v) is 2.18. The van der Waals surface area contributed by atoms with E-state index in [0.717, 1.165) is 0 Å². The van der Waals surface area contributed by atoms with Crippen LogP contribution in [0.1, 0.15) is 0 Å². The number of hydrogen-bond acceptors (Lipinski definition) is 3. The maximum atomic E-state index is 10.8. The van der Waals surface area contributed by atoms with Crippen LogP contribution in [0.15, 0.2) is 18.3 Å². The Labute approximate surface area is 70.0 Å². The third kappa shape index (κ3) is 2.12. The molecule has 0 fully saturated rings. The minimum absolute atomic E-state index is 0.299. The third-order valence-corrected chi connectivity index (χ3v) is 1.26. The first-order valence-electron chi connectivity index (χ1n) is 3.42. The van der Waals surface area contributed by atoms with E-state index in [0.29, 0.717) is 11.5 Å². The molecule has 0 saturated heterocycles. The number of urea groups is 1.